The maximum atomic E-state index is 6.14. The van der Waals surface area contributed by atoms with Crippen molar-refractivity contribution in [2.75, 3.05) is 66.7 Å². The number of nitrogens with one attached hydrogen (secondary N) is 1. The van der Waals surface area contributed by atoms with Crippen LogP contribution in [0.3, 0.4) is 0 Å². The molecule has 0 bridgehead atoms. The number of H-pyrrole nitrogens is 1. The van der Waals surface area contributed by atoms with Crippen LogP contribution in [0.15, 0.2) is 42.7 Å². The number of hydrogen-bond donors (Lipinski definition) is 1. The van der Waals surface area contributed by atoms with Crippen molar-refractivity contribution in [3.05, 3.63) is 48.4 Å². The van der Waals surface area contributed by atoms with Crippen LogP contribution in [0.2, 0.25) is 0 Å². The van der Waals surface area contributed by atoms with Crippen molar-refractivity contribution < 1.29 is 18.9 Å². The van der Waals surface area contributed by atoms with E-state index in [1.165, 1.54) is 6.33 Å². The van der Waals surface area contributed by atoms with Crippen molar-refractivity contribution in [1.82, 2.24) is 24.8 Å². The molecule has 0 spiro atoms. The van der Waals surface area contributed by atoms with E-state index in [4.69, 9.17) is 18.9 Å². The molecule has 1 saturated heterocycles. The standard InChI is InChI=1S/C27H33N5O4/c1-19-14-20-15-21(4-5-23(20)30-19)36-27-22-16-25(33-3)26(17-24(22)28-18-29-27)35-13-12-34-11-10-32-8-6-31(2)7-9-32/h4-5,14-18,30H,6-13H2,1-3H3. The molecule has 0 radical (unpaired) electrons. The van der Waals surface area contributed by atoms with Gasteiger partial charge in [-0.2, -0.15) is 0 Å². The van der Waals surface area contributed by atoms with Crippen LogP contribution in [-0.2, 0) is 4.74 Å². The van der Waals surface area contributed by atoms with Crippen molar-refractivity contribution in [3.8, 4) is 23.1 Å². The molecule has 190 valence electrons. The molecule has 0 amide bonds. The Hall–Kier alpha value is -3.40. The lowest BCUT2D eigenvalue weighted by atomic mass is 10.2. The summed E-state index contributed by atoms with van der Waals surface area (Å²) < 4.78 is 23.5. The van der Waals surface area contributed by atoms with Gasteiger partial charge < -0.3 is 28.8 Å². The van der Waals surface area contributed by atoms with E-state index in [0.717, 1.165) is 54.7 Å². The van der Waals surface area contributed by atoms with E-state index >= 15 is 0 Å². The summed E-state index contributed by atoms with van der Waals surface area (Å²) in [5.41, 5.74) is 2.89. The minimum atomic E-state index is 0.426. The van der Waals surface area contributed by atoms with Crippen molar-refractivity contribution in [3.63, 3.8) is 0 Å². The fourth-order valence-electron chi connectivity index (χ4n) is 4.40. The van der Waals surface area contributed by atoms with Gasteiger partial charge in [0, 0.05) is 55.4 Å². The molecule has 2 aromatic carbocycles. The summed E-state index contributed by atoms with van der Waals surface area (Å²) in [6, 6.07) is 11.7. The summed E-state index contributed by atoms with van der Waals surface area (Å²) in [7, 11) is 3.78. The van der Waals surface area contributed by atoms with E-state index in [1.54, 1.807) is 7.11 Å². The van der Waals surface area contributed by atoms with Crippen LogP contribution in [0.4, 0.5) is 0 Å². The Morgan fingerprint density at radius 2 is 1.81 bits per heavy atom. The van der Waals surface area contributed by atoms with Gasteiger partial charge in [0.2, 0.25) is 5.88 Å². The molecule has 4 aromatic rings. The Morgan fingerprint density at radius 1 is 0.944 bits per heavy atom. The smallest absolute Gasteiger partial charge is 0.230 e. The monoisotopic (exact) mass is 491 g/mol. The average Bonchev–Trinajstić information content (AvgIpc) is 3.26. The van der Waals surface area contributed by atoms with E-state index in [0.29, 0.717) is 48.5 Å². The number of rotatable bonds is 10. The first kappa shape index (κ1) is 24.3. The maximum absolute atomic E-state index is 6.14. The number of hydrogen-bond acceptors (Lipinski definition) is 8. The molecule has 0 unspecified atom stereocenters. The molecule has 1 aliphatic rings. The Kier molecular flexibility index (Phi) is 7.50. The summed E-state index contributed by atoms with van der Waals surface area (Å²) in [6.07, 6.45) is 1.49. The number of aryl methyl sites for hydroxylation is 1. The number of piperazine rings is 1. The van der Waals surface area contributed by atoms with Gasteiger partial charge in [0.15, 0.2) is 11.5 Å². The molecule has 1 aliphatic heterocycles. The van der Waals surface area contributed by atoms with Crippen LogP contribution >= 0.6 is 0 Å². The van der Waals surface area contributed by atoms with Gasteiger partial charge >= 0.3 is 0 Å². The summed E-state index contributed by atoms with van der Waals surface area (Å²) in [6.45, 7) is 9.03. The van der Waals surface area contributed by atoms with Crippen LogP contribution in [0.5, 0.6) is 23.1 Å². The molecule has 5 rings (SSSR count). The molecule has 2 aromatic heterocycles. The van der Waals surface area contributed by atoms with Crippen molar-refractivity contribution >= 4 is 21.8 Å². The molecule has 9 nitrogen and oxygen atoms in total. The van der Waals surface area contributed by atoms with Gasteiger partial charge in [0.25, 0.3) is 0 Å². The lowest BCUT2D eigenvalue weighted by molar-refractivity contribution is 0.0653. The summed E-state index contributed by atoms with van der Waals surface area (Å²) in [5, 5.41) is 1.83. The Labute approximate surface area is 210 Å². The van der Waals surface area contributed by atoms with Gasteiger partial charge in [-0.15, -0.1) is 0 Å². The minimum absolute atomic E-state index is 0.426. The van der Waals surface area contributed by atoms with Crippen molar-refractivity contribution in [2.24, 2.45) is 0 Å². The highest BCUT2D eigenvalue weighted by molar-refractivity contribution is 5.87. The van der Waals surface area contributed by atoms with Gasteiger partial charge in [0.05, 0.1) is 31.2 Å². The number of aromatic nitrogens is 3. The second-order valence-electron chi connectivity index (χ2n) is 9.11. The van der Waals surface area contributed by atoms with E-state index in [9.17, 15) is 0 Å². The lowest BCUT2D eigenvalue weighted by Crippen LogP contribution is -2.45. The number of methoxy groups -OCH3 is 1. The van der Waals surface area contributed by atoms with E-state index in [2.05, 4.69) is 37.9 Å². The predicted octanol–water partition coefficient (Wildman–Crippen LogP) is 3.86. The highest BCUT2D eigenvalue weighted by atomic mass is 16.5. The quantitative estimate of drug-likeness (QED) is 0.335. The Bertz CT molecular complexity index is 1320. The van der Waals surface area contributed by atoms with Crippen molar-refractivity contribution in [2.45, 2.75) is 6.92 Å². The molecule has 0 saturated carbocycles. The van der Waals surface area contributed by atoms with Crippen LogP contribution in [0.1, 0.15) is 5.69 Å². The fourth-order valence-corrected chi connectivity index (χ4v) is 4.40. The summed E-state index contributed by atoms with van der Waals surface area (Å²) in [5.74, 6) is 2.37. The fraction of sp³-hybridized carbons (Fsp3) is 0.407. The molecule has 3 heterocycles. The first-order valence-electron chi connectivity index (χ1n) is 12.3. The zero-order valence-electron chi connectivity index (χ0n) is 21.1. The number of nitrogens with zero attached hydrogens (tertiary/aromatic N) is 4. The maximum Gasteiger partial charge on any atom is 0.230 e. The third-order valence-electron chi connectivity index (χ3n) is 6.46. The summed E-state index contributed by atoms with van der Waals surface area (Å²) >= 11 is 0. The van der Waals surface area contributed by atoms with Gasteiger partial charge in [-0.1, -0.05) is 0 Å². The van der Waals surface area contributed by atoms with Gasteiger partial charge in [0.1, 0.15) is 18.7 Å². The molecule has 1 fully saturated rings. The van der Waals surface area contributed by atoms with Crippen LogP contribution in [0.25, 0.3) is 21.8 Å². The molecular formula is C27H33N5O4. The third kappa shape index (κ3) is 5.70. The Balaban J connectivity index is 1.21. The SMILES string of the molecule is COc1cc2c(Oc3ccc4[nH]c(C)cc4c3)ncnc2cc1OCCOCCN1CCN(C)CC1. The van der Waals surface area contributed by atoms with Gasteiger partial charge in [-0.05, 0) is 44.3 Å². The molecule has 1 N–H and O–H groups in total. The minimum Gasteiger partial charge on any atom is -0.493 e. The zero-order valence-corrected chi connectivity index (χ0v) is 21.1. The predicted molar refractivity (Wildman–Crippen MR) is 139 cm³/mol. The first-order chi connectivity index (χ1) is 17.6. The number of fused-ring (bicyclic) bond motifs is 2. The molecule has 9 heteroatoms. The second-order valence-corrected chi connectivity index (χ2v) is 9.11. The van der Waals surface area contributed by atoms with E-state index in [1.807, 2.05) is 37.3 Å². The number of benzene rings is 2. The number of ether oxygens (including phenoxy) is 4. The van der Waals surface area contributed by atoms with E-state index < -0.39 is 0 Å². The molecule has 0 atom stereocenters. The number of likely N-dealkylation sites (N-methyl/N-ethyl adjacent to an activating group) is 1. The van der Waals surface area contributed by atoms with Crippen LogP contribution in [0, 0.1) is 6.92 Å². The molecule has 36 heavy (non-hydrogen) atoms. The molecule has 0 aliphatic carbocycles. The highest BCUT2D eigenvalue weighted by Crippen LogP contribution is 2.36. The van der Waals surface area contributed by atoms with Crippen molar-refractivity contribution in [1.29, 1.82) is 0 Å². The van der Waals surface area contributed by atoms with Crippen LogP contribution in [-0.4, -0.2) is 91.5 Å². The lowest BCUT2D eigenvalue weighted by Gasteiger charge is -2.32. The largest absolute Gasteiger partial charge is 0.493 e. The normalized spacial score (nSPS) is 15.0. The second kappa shape index (κ2) is 11.1. The third-order valence-corrected chi connectivity index (χ3v) is 6.46. The van der Waals surface area contributed by atoms with Crippen LogP contribution < -0.4 is 14.2 Å². The Morgan fingerprint density at radius 3 is 2.64 bits per heavy atom. The topological polar surface area (TPSA) is 85.0 Å². The van der Waals surface area contributed by atoms with E-state index in [-0.39, 0.29) is 0 Å². The zero-order chi connectivity index (χ0) is 24.9. The van der Waals surface area contributed by atoms with Gasteiger partial charge in [-0.25, -0.2) is 9.97 Å². The molecular weight excluding hydrogens is 458 g/mol. The summed E-state index contributed by atoms with van der Waals surface area (Å²) in [4.78, 5) is 16.9. The highest BCUT2D eigenvalue weighted by Gasteiger charge is 2.15. The van der Waals surface area contributed by atoms with Gasteiger partial charge in [-0.3, -0.25) is 4.90 Å². The number of aromatic amines is 1. The average molecular weight is 492 g/mol. The first-order valence-corrected chi connectivity index (χ1v) is 12.3.